The zero-order chi connectivity index (χ0) is 12.6. The van der Waals surface area contributed by atoms with E-state index < -0.39 is 0 Å². The van der Waals surface area contributed by atoms with Crippen LogP contribution in [-0.4, -0.2) is 5.91 Å². The Morgan fingerprint density at radius 3 is 2.50 bits per heavy atom. The molecule has 0 saturated heterocycles. The van der Waals surface area contributed by atoms with E-state index in [9.17, 15) is 4.79 Å². The Hall–Kier alpha value is -1.02. The Kier molecular flexibility index (Phi) is 3.06. The van der Waals surface area contributed by atoms with Gasteiger partial charge in [0.1, 0.15) is 0 Å². The second-order valence-electron chi connectivity index (χ2n) is 5.68. The Bertz CT molecular complexity index is 448. The lowest BCUT2D eigenvalue weighted by atomic mass is 9.84. The molecule has 18 heavy (non-hydrogen) atoms. The predicted octanol–water partition coefficient (Wildman–Crippen LogP) is 4.25. The lowest BCUT2D eigenvalue weighted by Crippen LogP contribution is -2.20. The smallest absolute Gasteiger partial charge is 0.228 e. The summed E-state index contributed by atoms with van der Waals surface area (Å²) in [7, 11) is 0. The summed E-state index contributed by atoms with van der Waals surface area (Å²) in [5.41, 5.74) is 1.21. The van der Waals surface area contributed by atoms with E-state index in [4.69, 9.17) is 11.6 Å². The molecule has 1 amide bonds. The molecule has 2 aliphatic carbocycles. The molecule has 96 valence electrons. The molecule has 1 aromatic rings. The van der Waals surface area contributed by atoms with Gasteiger partial charge in [-0.2, -0.15) is 0 Å². The fourth-order valence-corrected chi connectivity index (χ4v) is 3.42. The van der Waals surface area contributed by atoms with Gasteiger partial charge in [-0.15, -0.1) is 0 Å². The van der Waals surface area contributed by atoms with E-state index in [-0.39, 0.29) is 11.8 Å². The second-order valence-corrected chi connectivity index (χ2v) is 6.11. The standard InChI is InChI=1S/C15H18ClNO/c16-11-4-6-12(7-5-11)17-14(18)13-10-15(13)8-2-1-3-9-15/h4-7,13H,1-3,8-10H2,(H,17,18)/t13-/m1/s1. The largest absolute Gasteiger partial charge is 0.326 e. The number of rotatable bonds is 2. The molecule has 0 bridgehead atoms. The first-order valence-corrected chi connectivity index (χ1v) is 7.14. The van der Waals surface area contributed by atoms with Gasteiger partial charge >= 0.3 is 0 Å². The Morgan fingerprint density at radius 1 is 1.17 bits per heavy atom. The van der Waals surface area contributed by atoms with Crippen molar-refractivity contribution in [2.75, 3.05) is 5.32 Å². The van der Waals surface area contributed by atoms with E-state index in [0.717, 1.165) is 12.1 Å². The average Bonchev–Trinajstić information content (AvgIpc) is 3.07. The van der Waals surface area contributed by atoms with Crippen LogP contribution in [0.3, 0.4) is 0 Å². The molecule has 2 fully saturated rings. The molecule has 0 heterocycles. The highest BCUT2D eigenvalue weighted by atomic mass is 35.5. The van der Waals surface area contributed by atoms with Gasteiger partial charge in [-0.1, -0.05) is 30.9 Å². The first-order chi connectivity index (χ1) is 8.70. The van der Waals surface area contributed by atoms with Gasteiger partial charge in [-0.05, 0) is 48.9 Å². The maximum absolute atomic E-state index is 12.2. The molecule has 3 heteroatoms. The molecule has 0 aliphatic heterocycles. The number of amides is 1. The van der Waals surface area contributed by atoms with Crippen molar-refractivity contribution in [2.45, 2.75) is 38.5 Å². The summed E-state index contributed by atoms with van der Waals surface area (Å²) < 4.78 is 0. The van der Waals surface area contributed by atoms with Gasteiger partial charge in [-0.25, -0.2) is 0 Å². The van der Waals surface area contributed by atoms with Crippen molar-refractivity contribution in [3.8, 4) is 0 Å². The van der Waals surface area contributed by atoms with Crippen LogP contribution in [0.25, 0.3) is 0 Å². The summed E-state index contributed by atoms with van der Waals surface area (Å²) >= 11 is 5.83. The van der Waals surface area contributed by atoms with Crippen LogP contribution in [0, 0.1) is 11.3 Å². The van der Waals surface area contributed by atoms with Crippen molar-refractivity contribution in [3.63, 3.8) is 0 Å². The molecule has 1 N–H and O–H groups in total. The van der Waals surface area contributed by atoms with Gasteiger partial charge in [0.2, 0.25) is 5.91 Å². The van der Waals surface area contributed by atoms with Crippen LogP contribution in [0.15, 0.2) is 24.3 Å². The molecule has 0 aromatic heterocycles. The predicted molar refractivity (Wildman–Crippen MR) is 73.7 cm³/mol. The Morgan fingerprint density at radius 2 is 1.83 bits per heavy atom. The number of nitrogens with one attached hydrogen (secondary N) is 1. The lowest BCUT2D eigenvalue weighted by Gasteiger charge is -2.22. The summed E-state index contributed by atoms with van der Waals surface area (Å²) in [6.45, 7) is 0. The van der Waals surface area contributed by atoms with E-state index in [1.54, 1.807) is 12.1 Å². The van der Waals surface area contributed by atoms with E-state index in [1.165, 1.54) is 32.1 Å². The third-order valence-corrected chi connectivity index (χ3v) is 4.72. The second kappa shape index (κ2) is 4.58. The van der Waals surface area contributed by atoms with Crippen LogP contribution < -0.4 is 5.32 Å². The molecular weight excluding hydrogens is 246 g/mol. The third kappa shape index (κ3) is 2.26. The number of benzene rings is 1. The van der Waals surface area contributed by atoms with Crippen molar-refractivity contribution in [1.82, 2.24) is 0 Å². The van der Waals surface area contributed by atoms with Crippen LogP contribution in [0.4, 0.5) is 5.69 Å². The topological polar surface area (TPSA) is 29.1 Å². The van der Waals surface area contributed by atoms with Crippen molar-refractivity contribution in [3.05, 3.63) is 29.3 Å². The molecule has 1 atom stereocenters. The van der Waals surface area contributed by atoms with Crippen molar-refractivity contribution < 1.29 is 4.79 Å². The number of anilines is 1. The Balaban J connectivity index is 1.61. The highest BCUT2D eigenvalue weighted by molar-refractivity contribution is 6.30. The molecule has 0 unspecified atom stereocenters. The minimum atomic E-state index is 0.194. The number of hydrogen-bond donors (Lipinski definition) is 1. The van der Waals surface area contributed by atoms with Gasteiger partial charge in [0, 0.05) is 16.6 Å². The number of carbonyl (C=O) groups is 1. The maximum atomic E-state index is 12.2. The minimum absolute atomic E-state index is 0.194. The number of halogens is 1. The average molecular weight is 264 g/mol. The SMILES string of the molecule is O=C(Nc1ccc(Cl)cc1)[C@H]1CC12CCCCC2. The molecule has 2 saturated carbocycles. The van der Waals surface area contributed by atoms with E-state index in [1.807, 2.05) is 12.1 Å². The summed E-state index contributed by atoms with van der Waals surface area (Å²) in [5, 5.41) is 3.70. The Labute approximate surface area is 113 Å². The first kappa shape index (κ1) is 12.0. The number of carbonyl (C=O) groups excluding carboxylic acids is 1. The van der Waals surface area contributed by atoms with Crippen LogP contribution in [0.1, 0.15) is 38.5 Å². The molecule has 1 aromatic carbocycles. The normalized spacial score (nSPS) is 24.8. The summed E-state index contributed by atoms with van der Waals surface area (Å²) in [5.74, 6) is 0.438. The van der Waals surface area contributed by atoms with E-state index in [0.29, 0.717) is 10.4 Å². The van der Waals surface area contributed by atoms with Gasteiger partial charge in [0.25, 0.3) is 0 Å². The van der Waals surface area contributed by atoms with Gasteiger partial charge in [-0.3, -0.25) is 4.79 Å². The monoisotopic (exact) mass is 263 g/mol. The highest BCUT2D eigenvalue weighted by Gasteiger charge is 2.57. The lowest BCUT2D eigenvalue weighted by molar-refractivity contribution is -0.118. The summed E-state index contributed by atoms with van der Waals surface area (Å²) in [4.78, 5) is 12.2. The van der Waals surface area contributed by atoms with Crippen molar-refractivity contribution >= 4 is 23.2 Å². The highest BCUT2D eigenvalue weighted by Crippen LogP contribution is 2.61. The minimum Gasteiger partial charge on any atom is -0.326 e. The fraction of sp³-hybridized carbons (Fsp3) is 0.533. The first-order valence-electron chi connectivity index (χ1n) is 6.76. The molecular formula is C15H18ClNO. The number of hydrogen-bond acceptors (Lipinski definition) is 1. The van der Waals surface area contributed by atoms with Crippen LogP contribution in [0.2, 0.25) is 5.02 Å². The zero-order valence-electron chi connectivity index (χ0n) is 10.4. The maximum Gasteiger partial charge on any atom is 0.228 e. The van der Waals surface area contributed by atoms with Gasteiger partial charge in [0.05, 0.1) is 0 Å². The summed E-state index contributed by atoms with van der Waals surface area (Å²) in [6, 6.07) is 7.33. The van der Waals surface area contributed by atoms with Crippen LogP contribution in [0.5, 0.6) is 0 Å². The van der Waals surface area contributed by atoms with Gasteiger partial charge < -0.3 is 5.32 Å². The molecule has 2 aliphatic rings. The van der Waals surface area contributed by atoms with Gasteiger partial charge in [0.15, 0.2) is 0 Å². The molecule has 1 spiro atoms. The molecule has 0 radical (unpaired) electrons. The summed E-state index contributed by atoms with van der Waals surface area (Å²) in [6.07, 6.45) is 7.51. The third-order valence-electron chi connectivity index (χ3n) is 4.47. The quantitative estimate of drug-likeness (QED) is 0.849. The van der Waals surface area contributed by atoms with Crippen LogP contribution in [-0.2, 0) is 4.79 Å². The van der Waals surface area contributed by atoms with E-state index in [2.05, 4.69) is 5.32 Å². The van der Waals surface area contributed by atoms with Crippen LogP contribution >= 0.6 is 11.6 Å². The zero-order valence-corrected chi connectivity index (χ0v) is 11.2. The van der Waals surface area contributed by atoms with E-state index >= 15 is 0 Å². The van der Waals surface area contributed by atoms with Crippen molar-refractivity contribution in [2.24, 2.45) is 11.3 Å². The fourth-order valence-electron chi connectivity index (χ4n) is 3.29. The van der Waals surface area contributed by atoms with Crippen molar-refractivity contribution in [1.29, 1.82) is 0 Å². The molecule has 3 rings (SSSR count). The molecule has 2 nitrogen and oxygen atoms in total.